The summed E-state index contributed by atoms with van der Waals surface area (Å²) in [5.41, 5.74) is 1.24. The molecule has 0 aromatic heterocycles. The zero-order chi connectivity index (χ0) is 18.8. The molecule has 0 saturated heterocycles. The lowest BCUT2D eigenvalue weighted by Gasteiger charge is -2.11. The third-order valence-electron chi connectivity index (χ3n) is 4.45. The monoisotopic (exact) mass is 358 g/mol. The average Bonchev–Trinajstić information content (AvgIpc) is 2.64. The second-order valence-corrected chi connectivity index (χ2v) is 6.29. The van der Waals surface area contributed by atoms with E-state index in [4.69, 9.17) is 0 Å². The third kappa shape index (κ3) is 3.24. The summed E-state index contributed by atoms with van der Waals surface area (Å²) in [7, 11) is 0. The Morgan fingerprint density at radius 1 is 0.615 bits per heavy atom. The lowest BCUT2D eigenvalue weighted by atomic mass is 9.97. The first-order valence-electron chi connectivity index (χ1n) is 8.46. The third-order valence-corrected chi connectivity index (χ3v) is 4.45. The minimum absolute atomic E-state index is 0.0855. The molecule has 0 fully saturated rings. The van der Waals surface area contributed by atoms with E-state index in [0.717, 1.165) is 18.4 Å². The molecule has 0 spiro atoms. The Hall–Kier alpha value is -2.62. The van der Waals surface area contributed by atoms with Crippen LogP contribution in [0.1, 0.15) is 24.5 Å². The van der Waals surface area contributed by atoms with Crippen molar-refractivity contribution in [1.29, 1.82) is 0 Å². The maximum Gasteiger partial charge on any atom is 0.167 e. The second kappa shape index (κ2) is 7.32. The SMILES string of the molecule is CCCc1ccc(-c2ccc(-c3ccc(C)c(F)c3F)c(F)c2F)cc1. The summed E-state index contributed by atoms with van der Waals surface area (Å²) in [5, 5.41) is 0. The molecule has 0 bridgehead atoms. The van der Waals surface area contributed by atoms with Gasteiger partial charge in [-0.05, 0) is 30.0 Å². The van der Waals surface area contributed by atoms with Gasteiger partial charge in [-0.3, -0.25) is 0 Å². The van der Waals surface area contributed by atoms with E-state index in [1.807, 2.05) is 12.1 Å². The highest BCUT2D eigenvalue weighted by Gasteiger charge is 2.20. The van der Waals surface area contributed by atoms with E-state index in [1.54, 1.807) is 12.1 Å². The van der Waals surface area contributed by atoms with Gasteiger partial charge in [-0.15, -0.1) is 0 Å². The van der Waals surface area contributed by atoms with Gasteiger partial charge in [-0.1, -0.05) is 61.9 Å². The fraction of sp³-hybridized carbons (Fsp3) is 0.182. The molecule has 0 radical (unpaired) electrons. The van der Waals surface area contributed by atoms with Crippen molar-refractivity contribution in [3.63, 3.8) is 0 Å². The molecule has 0 heterocycles. The molecule has 0 atom stereocenters. The van der Waals surface area contributed by atoms with Crippen LogP contribution in [-0.4, -0.2) is 0 Å². The van der Waals surface area contributed by atoms with Crippen molar-refractivity contribution in [2.75, 3.05) is 0 Å². The maximum absolute atomic E-state index is 14.6. The Labute approximate surface area is 150 Å². The highest BCUT2D eigenvalue weighted by molar-refractivity contribution is 5.72. The minimum atomic E-state index is -1.19. The smallest absolute Gasteiger partial charge is 0.167 e. The summed E-state index contributed by atoms with van der Waals surface area (Å²) >= 11 is 0. The van der Waals surface area contributed by atoms with Crippen molar-refractivity contribution >= 4 is 0 Å². The van der Waals surface area contributed by atoms with Gasteiger partial charge in [0, 0.05) is 16.7 Å². The highest BCUT2D eigenvalue weighted by atomic mass is 19.2. The number of rotatable bonds is 4. The van der Waals surface area contributed by atoms with Crippen molar-refractivity contribution in [2.45, 2.75) is 26.7 Å². The number of hydrogen-bond donors (Lipinski definition) is 0. The van der Waals surface area contributed by atoms with E-state index in [-0.39, 0.29) is 22.3 Å². The van der Waals surface area contributed by atoms with Crippen LogP contribution in [0.2, 0.25) is 0 Å². The van der Waals surface area contributed by atoms with Gasteiger partial charge >= 0.3 is 0 Å². The molecule has 3 aromatic rings. The normalized spacial score (nSPS) is 11.0. The molecule has 26 heavy (non-hydrogen) atoms. The molecule has 0 aliphatic heterocycles. The molecule has 0 saturated carbocycles. The zero-order valence-corrected chi connectivity index (χ0v) is 14.5. The van der Waals surface area contributed by atoms with Crippen LogP contribution in [0.4, 0.5) is 17.6 Å². The molecule has 3 aromatic carbocycles. The van der Waals surface area contributed by atoms with E-state index in [9.17, 15) is 17.6 Å². The summed E-state index contributed by atoms with van der Waals surface area (Å²) in [6, 6.07) is 12.5. The Morgan fingerprint density at radius 2 is 1.12 bits per heavy atom. The fourth-order valence-corrected chi connectivity index (χ4v) is 2.97. The van der Waals surface area contributed by atoms with Crippen molar-refractivity contribution < 1.29 is 17.6 Å². The largest absolute Gasteiger partial charge is 0.203 e. The summed E-state index contributed by atoms with van der Waals surface area (Å²) in [4.78, 5) is 0. The Morgan fingerprint density at radius 3 is 1.73 bits per heavy atom. The summed E-state index contributed by atoms with van der Waals surface area (Å²) < 4.78 is 57.1. The van der Waals surface area contributed by atoms with Crippen LogP contribution in [0.25, 0.3) is 22.3 Å². The van der Waals surface area contributed by atoms with Crippen molar-refractivity contribution in [3.8, 4) is 22.3 Å². The van der Waals surface area contributed by atoms with Gasteiger partial charge in [0.2, 0.25) is 0 Å². The summed E-state index contributed by atoms with van der Waals surface area (Å²) in [5.74, 6) is -4.51. The molecule has 0 amide bonds. The molecular formula is C22H18F4. The number of aryl methyl sites for hydroxylation is 2. The standard InChI is InChI=1S/C22H18F4/c1-3-4-14-6-8-15(9-7-14)16-11-12-18(22(26)20(16)24)17-10-5-13(2)19(23)21(17)25/h5-12H,3-4H2,1-2H3. The van der Waals surface area contributed by atoms with Crippen LogP contribution < -0.4 is 0 Å². The van der Waals surface area contributed by atoms with Gasteiger partial charge in [-0.2, -0.15) is 0 Å². The van der Waals surface area contributed by atoms with Gasteiger partial charge in [-0.25, -0.2) is 17.6 Å². The minimum Gasteiger partial charge on any atom is -0.203 e. The van der Waals surface area contributed by atoms with E-state index >= 15 is 0 Å². The topological polar surface area (TPSA) is 0 Å². The van der Waals surface area contributed by atoms with Crippen LogP contribution >= 0.6 is 0 Å². The van der Waals surface area contributed by atoms with Gasteiger partial charge in [0.05, 0.1) is 0 Å². The lowest BCUT2D eigenvalue weighted by molar-refractivity contribution is 0.499. The maximum atomic E-state index is 14.6. The van der Waals surface area contributed by atoms with E-state index < -0.39 is 23.3 Å². The lowest BCUT2D eigenvalue weighted by Crippen LogP contribution is -1.98. The number of halogens is 4. The van der Waals surface area contributed by atoms with Crippen molar-refractivity contribution in [2.24, 2.45) is 0 Å². The summed E-state index contributed by atoms with van der Waals surface area (Å²) in [6.45, 7) is 3.47. The molecule has 4 heteroatoms. The average molecular weight is 358 g/mol. The Balaban J connectivity index is 2.06. The van der Waals surface area contributed by atoms with Crippen LogP contribution in [0.5, 0.6) is 0 Å². The van der Waals surface area contributed by atoms with E-state index in [2.05, 4.69) is 6.92 Å². The molecule has 0 N–H and O–H groups in total. The summed E-state index contributed by atoms with van der Waals surface area (Å²) in [6.07, 6.45) is 1.91. The van der Waals surface area contributed by atoms with Crippen LogP contribution in [-0.2, 0) is 6.42 Å². The number of hydrogen-bond acceptors (Lipinski definition) is 0. The van der Waals surface area contributed by atoms with Gasteiger partial charge in [0.1, 0.15) is 0 Å². The van der Waals surface area contributed by atoms with Gasteiger partial charge in [0.15, 0.2) is 23.3 Å². The van der Waals surface area contributed by atoms with E-state index in [1.165, 1.54) is 31.2 Å². The van der Waals surface area contributed by atoms with Crippen molar-refractivity contribution in [3.05, 3.63) is 82.9 Å². The van der Waals surface area contributed by atoms with Crippen LogP contribution in [0.15, 0.2) is 48.5 Å². The molecule has 0 unspecified atom stereocenters. The van der Waals surface area contributed by atoms with Crippen LogP contribution in [0, 0.1) is 30.2 Å². The second-order valence-electron chi connectivity index (χ2n) is 6.29. The Kier molecular flexibility index (Phi) is 5.12. The number of benzene rings is 3. The quantitative estimate of drug-likeness (QED) is 0.448. The first kappa shape index (κ1) is 18.2. The fourth-order valence-electron chi connectivity index (χ4n) is 2.97. The molecule has 0 nitrogen and oxygen atoms in total. The molecule has 3 rings (SSSR count). The predicted molar refractivity (Wildman–Crippen MR) is 95.9 cm³/mol. The highest BCUT2D eigenvalue weighted by Crippen LogP contribution is 2.33. The Bertz CT molecular complexity index is 943. The molecular weight excluding hydrogens is 340 g/mol. The van der Waals surface area contributed by atoms with Gasteiger partial charge < -0.3 is 0 Å². The van der Waals surface area contributed by atoms with Crippen molar-refractivity contribution in [1.82, 2.24) is 0 Å². The van der Waals surface area contributed by atoms with Crippen LogP contribution in [0.3, 0.4) is 0 Å². The molecule has 0 aliphatic carbocycles. The predicted octanol–water partition coefficient (Wildman–Crippen LogP) is 6.84. The zero-order valence-electron chi connectivity index (χ0n) is 14.5. The van der Waals surface area contributed by atoms with E-state index in [0.29, 0.717) is 5.56 Å². The molecule has 0 aliphatic rings. The first-order chi connectivity index (χ1) is 12.4. The first-order valence-corrected chi connectivity index (χ1v) is 8.46. The molecule has 134 valence electrons. The van der Waals surface area contributed by atoms with Gasteiger partial charge in [0.25, 0.3) is 0 Å².